The van der Waals surface area contributed by atoms with Crippen molar-refractivity contribution in [3.63, 3.8) is 0 Å². The Labute approximate surface area is 113 Å². The number of pyridine rings is 1. The molecule has 0 bridgehead atoms. The van der Waals surface area contributed by atoms with Gasteiger partial charge in [-0.15, -0.1) is 11.3 Å². The minimum absolute atomic E-state index is 0.601. The third kappa shape index (κ3) is 1.82. The first-order valence-corrected chi connectivity index (χ1v) is 6.82. The zero-order chi connectivity index (χ0) is 12.7. The average Bonchev–Trinajstić information content (AvgIpc) is 2.94. The van der Waals surface area contributed by atoms with Crippen LogP contribution in [0.4, 0.5) is 0 Å². The number of halogens is 1. The van der Waals surface area contributed by atoms with E-state index < -0.39 is 6.10 Å². The number of aromatic nitrogens is 2. The maximum atomic E-state index is 9.98. The third-order valence-electron chi connectivity index (χ3n) is 2.77. The Morgan fingerprint density at radius 1 is 1.39 bits per heavy atom. The van der Waals surface area contributed by atoms with Crippen LogP contribution in [0.3, 0.4) is 0 Å². The highest BCUT2D eigenvalue weighted by atomic mass is 35.5. The first-order chi connectivity index (χ1) is 8.66. The molecule has 5 heteroatoms. The van der Waals surface area contributed by atoms with E-state index in [1.54, 1.807) is 30.5 Å². The number of nitrogens with zero attached hydrogens (tertiary/aromatic N) is 2. The number of thiophene rings is 1. The number of hydrogen-bond acceptors (Lipinski definition) is 3. The first-order valence-electron chi connectivity index (χ1n) is 5.56. The van der Waals surface area contributed by atoms with E-state index in [9.17, 15) is 5.11 Å². The van der Waals surface area contributed by atoms with E-state index in [4.69, 9.17) is 11.6 Å². The highest BCUT2D eigenvalue weighted by Gasteiger charge is 2.18. The van der Waals surface area contributed by atoms with E-state index in [2.05, 4.69) is 4.98 Å². The number of rotatable bonds is 2. The molecule has 0 aliphatic heterocycles. The molecule has 0 saturated heterocycles. The molecule has 3 heterocycles. The van der Waals surface area contributed by atoms with Crippen LogP contribution in [0.25, 0.3) is 16.2 Å². The molecule has 1 unspecified atom stereocenters. The van der Waals surface area contributed by atoms with Gasteiger partial charge in [-0.05, 0) is 30.5 Å². The van der Waals surface area contributed by atoms with Crippen LogP contribution in [0, 0.1) is 0 Å². The van der Waals surface area contributed by atoms with E-state index in [1.165, 1.54) is 0 Å². The fourth-order valence-corrected chi connectivity index (χ4v) is 2.91. The molecule has 3 aromatic heterocycles. The molecule has 3 nitrogen and oxygen atoms in total. The zero-order valence-corrected chi connectivity index (χ0v) is 11.2. The van der Waals surface area contributed by atoms with Crippen molar-refractivity contribution in [2.75, 3.05) is 0 Å². The second kappa shape index (κ2) is 4.39. The van der Waals surface area contributed by atoms with Crippen molar-refractivity contribution in [3.05, 3.63) is 46.6 Å². The molecule has 0 radical (unpaired) electrons. The highest BCUT2D eigenvalue weighted by molar-refractivity contribution is 7.13. The number of hydrogen-bond donors (Lipinski definition) is 1. The summed E-state index contributed by atoms with van der Waals surface area (Å²) in [5.74, 6) is 0. The molecule has 0 amide bonds. The summed E-state index contributed by atoms with van der Waals surface area (Å²) >= 11 is 7.61. The van der Waals surface area contributed by atoms with Gasteiger partial charge in [0, 0.05) is 6.20 Å². The molecular formula is C13H11ClN2OS. The van der Waals surface area contributed by atoms with Gasteiger partial charge >= 0.3 is 0 Å². The summed E-state index contributed by atoms with van der Waals surface area (Å²) in [5, 5.41) is 12.6. The van der Waals surface area contributed by atoms with Gasteiger partial charge < -0.3 is 5.11 Å². The Morgan fingerprint density at radius 2 is 2.22 bits per heavy atom. The van der Waals surface area contributed by atoms with Crippen molar-refractivity contribution in [3.8, 4) is 10.6 Å². The molecule has 0 aliphatic carbocycles. The highest BCUT2D eigenvalue weighted by Crippen LogP contribution is 2.32. The Hall–Kier alpha value is -1.36. The lowest BCUT2D eigenvalue weighted by Gasteiger charge is -2.06. The average molecular weight is 279 g/mol. The predicted octanol–water partition coefficient (Wildman–Crippen LogP) is 3.77. The van der Waals surface area contributed by atoms with E-state index in [1.807, 2.05) is 28.0 Å². The number of aliphatic hydroxyl groups is 1. The molecule has 0 fully saturated rings. The van der Waals surface area contributed by atoms with Crippen molar-refractivity contribution in [2.24, 2.45) is 0 Å². The lowest BCUT2D eigenvalue weighted by atomic mass is 10.2. The fraction of sp³-hybridized carbons (Fsp3) is 0.154. The summed E-state index contributed by atoms with van der Waals surface area (Å²) in [4.78, 5) is 5.62. The standard InChI is InChI=1S/C13H11ClN2OS/c1-8(17)13-12(10-3-2-6-18-10)15-11-5-4-9(14)7-16(11)13/h2-8,17H,1H3. The summed E-state index contributed by atoms with van der Waals surface area (Å²) in [6, 6.07) is 7.63. The van der Waals surface area contributed by atoms with Crippen LogP contribution in [0.1, 0.15) is 18.7 Å². The minimum atomic E-state index is -0.601. The summed E-state index contributed by atoms with van der Waals surface area (Å²) in [6.45, 7) is 1.74. The molecule has 0 aliphatic rings. The van der Waals surface area contributed by atoms with Gasteiger partial charge in [-0.1, -0.05) is 17.7 Å². The smallest absolute Gasteiger partial charge is 0.137 e. The zero-order valence-electron chi connectivity index (χ0n) is 9.67. The summed E-state index contributed by atoms with van der Waals surface area (Å²) in [6.07, 6.45) is 1.18. The van der Waals surface area contributed by atoms with Crippen LogP contribution in [-0.4, -0.2) is 14.5 Å². The van der Waals surface area contributed by atoms with Gasteiger partial charge in [0.2, 0.25) is 0 Å². The number of aliphatic hydroxyl groups excluding tert-OH is 1. The SMILES string of the molecule is CC(O)c1c(-c2cccs2)nc2ccc(Cl)cn12. The molecule has 1 atom stereocenters. The normalized spacial score (nSPS) is 13.1. The van der Waals surface area contributed by atoms with Gasteiger partial charge in [-0.2, -0.15) is 0 Å². The van der Waals surface area contributed by atoms with Gasteiger partial charge in [-0.25, -0.2) is 4.98 Å². The maximum Gasteiger partial charge on any atom is 0.137 e. The van der Waals surface area contributed by atoms with Crippen molar-refractivity contribution >= 4 is 28.6 Å². The summed E-state index contributed by atoms with van der Waals surface area (Å²) in [7, 11) is 0. The quantitative estimate of drug-likeness (QED) is 0.775. The minimum Gasteiger partial charge on any atom is -0.387 e. The van der Waals surface area contributed by atoms with Crippen molar-refractivity contribution in [1.82, 2.24) is 9.38 Å². The van der Waals surface area contributed by atoms with Crippen LogP contribution in [0.2, 0.25) is 5.02 Å². The third-order valence-corrected chi connectivity index (χ3v) is 3.87. The maximum absolute atomic E-state index is 9.98. The molecule has 0 saturated carbocycles. The van der Waals surface area contributed by atoms with Gasteiger partial charge in [0.1, 0.15) is 11.3 Å². The van der Waals surface area contributed by atoms with Gasteiger partial charge in [0.05, 0.1) is 21.7 Å². The van der Waals surface area contributed by atoms with Crippen molar-refractivity contribution < 1.29 is 5.11 Å². The van der Waals surface area contributed by atoms with E-state index in [-0.39, 0.29) is 0 Å². The molecular weight excluding hydrogens is 268 g/mol. The Morgan fingerprint density at radius 3 is 2.89 bits per heavy atom. The monoisotopic (exact) mass is 278 g/mol. The molecule has 92 valence electrons. The van der Waals surface area contributed by atoms with Crippen LogP contribution >= 0.6 is 22.9 Å². The fourth-order valence-electron chi connectivity index (χ4n) is 2.03. The van der Waals surface area contributed by atoms with Crippen LogP contribution in [0.5, 0.6) is 0 Å². The molecule has 1 N–H and O–H groups in total. The van der Waals surface area contributed by atoms with Gasteiger partial charge in [0.15, 0.2) is 0 Å². The Kier molecular flexibility index (Phi) is 2.86. The first kappa shape index (κ1) is 11.7. The van der Waals surface area contributed by atoms with Crippen molar-refractivity contribution in [1.29, 1.82) is 0 Å². The Balaban J connectivity index is 2.35. The summed E-state index contributed by atoms with van der Waals surface area (Å²) in [5.41, 5.74) is 2.39. The second-order valence-electron chi connectivity index (χ2n) is 4.07. The molecule has 0 aromatic carbocycles. The van der Waals surface area contributed by atoms with E-state index in [0.717, 1.165) is 21.9 Å². The lowest BCUT2D eigenvalue weighted by molar-refractivity contribution is 0.194. The largest absolute Gasteiger partial charge is 0.387 e. The molecule has 3 aromatic rings. The van der Waals surface area contributed by atoms with Gasteiger partial charge in [-0.3, -0.25) is 4.40 Å². The van der Waals surface area contributed by atoms with E-state index in [0.29, 0.717) is 5.02 Å². The predicted molar refractivity (Wildman–Crippen MR) is 74.1 cm³/mol. The number of fused-ring (bicyclic) bond motifs is 1. The second-order valence-corrected chi connectivity index (χ2v) is 5.46. The number of imidazole rings is 1. The topological polar surface area (TPSA) is 37.5 Å². The molecule has 3 rings (SSSR count). The molecule has 18 heavy (non-hydrogen) atoms. The van der Waals surface area contributed by atoms with Crippen LogP contribution < -0.4 is 0 Å². The Bertz CT molecular complexity index is 688. The van der Waals surface area contributed by atoms with Crippen LogP contribution in [0.15, 0.2) is 35.8 Å². The summed E-state index contributed by atoms with van der Waals surface area (Å²) < 4.78 is 1.85. The van der Waals surface area contributed by atoms with E-state index >= 15 is 0 Å². The van der Waals surface area contributed by atoms with Gasteiger partial charge in [0.25, 0.3) is 0 Å². The van der Waals surface area contributed by atoms with Crippen molar-refractivity contribution in [2.45, 2.75) is 13.0 Å². The lowest BCUT2D eigenvalue weighted by Crippen LogP contribution is -1.98. The van der Waals surface area contributed by atoms with Crippen LogP contribution in [-0.2, 0) is 0 Å². The molecule has 0 spiro atoms.